The number of carbonyl (C=O) groups is 2. The molecule has 0 N–H and O–H groups in total. The summed E-state index contributed by atoms with van der Waals surface area (Å²) in [6, 6.07) is 14.9. The predicted octanol–water partition coefficient (Wildman–Crippen LogP) is 2.89. The minimum absolute atomic E-state index is 0.175. The maximum absolute atomic E-state index is 13.3. The highest BCUT2D eigenvalue weighted by molar-refractivity contribution is 6.31. The van der Waals surface area contributed by atoms with Gasteiger partial charge < -0.3 is 43.3 Å². The largest absolute Gasteiger partial charge is 0.874 e. The van der Waals surface area contributed by atoms with Gasteiger partial charge in [0.25, 0.3) is 0 Å². The second-order valence-corrected chi connectivity index (χ2v) is 11.6. The summed E-state index contributed by atoms with van der Waals surface area (Å²) in [5, 5.41) is 13.3. The third-order valence-corrected chi connectivity index (χ3v) is 8.40. The van der Waals surface area contributed by atoms with E-state index in [0.29, 0.717) is 109 Å². The molecule has 1 fully saturated rings. The van der Waals surface area contributed by atoms with Crippen molar-refractivity contribution in [2.24, 2.45) is 0 Å². The molecule has 1 heterocycles. The molecule has 1 saturated heterocycles. The summed E-state index contributed by atoms with van der Waals surface area (Å²) < 4.78 is 33.5. The van der Waals surface area contributed by atoms with Crippen LogP contribution in [0.5, 0.6) is 0 Å². The number of benzene rings is 2. The molecule has 258 valence electrons. The Hall–Kier alpha value is -4.00. The van der Waals surface area contributed by atoms with E-state index >= 15 is 0 Å². The molecule has 0 spiro atoms. The fourth-order valence-corrected chi connectivity index (χ4v) is 5.60. The molecule has 48 heavy (non-hydrogen) atoms. The fourth-order valence-electron chi connectivity index (χ4n) is 5.60. The zero-order chi connectivity index (χ0) is 33.6. The molecule has 0 aromatic heterocycles. The van der Waals surface area contributed by atoms with Gasteiger partial charge in [-0.05, 0) is 41.8 Å². The van der Waals surface area contributed by atoms with Crippen LogP contribution in [-0.2, 0) is 38.0 Å². The van der Waals surface area contributed by atoms with E-state index in [0.717, 1.165) is 11.4 Å². The fraction of sp³-hybridized carbons (Fsp3) is 0.459. The first-order valence-corrected chi connectivity index (χ1v) is 16.6. The Bertz CT molecular complexity index is 1420. The molecule has 11 nitrogen and oxygen atoms in total. The van der Waals surface area contributed by atoms with Crippen molar-refractivity contribution < 1.29 is 43.1 Å². The van der Waals surface area contributed by atoms with Crippen LogP contribution in [0.15, 0.2) is 78.1 Å². The monoisotopic (exact) mass is 661 g/mol. The number of ether oxygens (including phenoxy) is 6. The summed E-state index contributed by atoms with van der Waals surface area (Å²) in [4.78, 5) is 29.5. The molecule has 1 atom stereocenters. The maximum atomic E-state index is 13.3. The number of rotatable bonds is 8. The number of ketones is 1. The van der Waals surface area contributed by atoms with E-state index < -0.39 is 5.92 Å². The van der Waals surface area contributed by atoms with Crippen molar-refractivity contribution in [1.82, 2.24) is 0 Å². The Morgan fingerprint density at radius 3 is 1.92 bits per heavy atom. The molecule has 0 radical (unpaired) electrons. The summed E-state index contributed by atoms with van der Waals surface area (Å²) in [5.41, 5.74) is 4.02. The van der Waals surface area contributed by atoms with Crippen molar-refractivity contribution in [3.8, 4) is 0 Å². The van der Waals surface area contributed by atoms with Crippen LogP contribution in [0.3, 0.4) is 0 Å². The van der Waals surface area contributed by atoms with Crippen LogP contribution >= 0.6 is 0 Å². The quantitative estimate of drug-likeness (QED) is 0.389. The number of allylic oxidation sites excluding steroid dienone is 5. The lowest BCUT2D eigenvalue weighted by molar-refractivity contribution is -0.310. The molecule has 2 aromatic rings. The standard InChI is InChI=1S/C37H46N2O9/c1-38(14-19-48-37(42)30-4-2-3-5-30)31-10-6-28(7-11-31)33-35(40)34(36(33)41)29-8-12-32(13-9-29)39-15-17-43-20-22-45-24-26-47-27-25-46-23-21-44-18-16-39/h2-4,6-13,34,40H,5,14-27H2,1H3/p-1. The second-order valence-electron chi connectivity index (χ2n) is 11.6. The topological polar surface area (TPSA) is 119 Å². The van der Waals surface area contributed by atoms with Crippen LogP contribution in [0.4, 0.5) is 11.4 Å². The van der Waals surface area contributed by atoms with Crippen LogP contribution in [0, 0.1) is 0 Å². The van der Waals surface area contributed by atoms with Gasteiger partial charge in [0.1, 0.15) is 6.61 Å². The highest BCUT2D eigenvalue weighted by Crippen LogP contribution is 2.42. The van der Waals surface area contributed by atoms with Gasteiger partial charge in [-0.3, -0.25) is 4.79 Å². The van der Waals surface area contributed by atoms with Crippen LogP contribution in [0.25, 0.3) is 5.57 Å². The van der Waals surface area contributed by atoms with Crippen LogP contribution in [-0.4, -0.2) is 111 Å². The van der Waals surface area contributed by atoms with Gasteiger partial charge in [0.2, 0.25) is 0 Å². The van der Waals surface area contributed by atoms with E-state index in [2.05, 4.69) is 4.90 Å². The normalized spacial score (nSPS) is 20.4. The van der Waals surface area contributed by atoms with Crippen molar-refractivity contribution in [1.29, 1.82) is 0 Å². The average Bonchev–Trinajstić information content (AvgIpc) is 3.65. The van der Waals surface area contributed by atoms with Crippen molar-refractivity contribution in [3.63, 3.8) is 0 Å². The average molecular weight is 662 g/mol. The van der Waals surface area contributed by atoms with Crippen molar-refractivity contribution in [2.45, 2.75) is 12.3 Å². The number of anilines is 2. The zero-order valence-corrected chi connectivity index (χ0v) is 27.6. The summed E-state index contributed by atoms with van der Waals surface area (Å²) in [6.07, 6.45) is 6.14. The van der Waals surface area contributed by atoms with Crippen LogP contribution in [0.1, 0.15) is 23.5 Å². The molecule has 0 saturated carbocycles. The first kappa shape index (κ1) is 35.3. The SMILES string of the molecule is CN(CCOC(=O)C1=CC=CC1)c1ccc(C2=C([O-])C(c3ccc(N4CCOCCOCCOCCOCCOCC4)cc3)C2=O)cc1. The summed E-state index contributed by atoms with van der Waals surface area (Å²) >= 11 is 0. The van der Waals surface area contributed by atoms with E-state index in [-0.39, 0.29) is 29.7 Å². The minimum atomic E-state index is -0.798. The lowest BCUT2D eigenvalue weighted by Gasteiger charge is -2.37. The molecule has 3 aliphatic rings. The highest BCUT2D eigenvalue weighted by atomic mass is 16.6. The lowest BCUT2D eigenvalue weighted by atomic mass is 9.75. The van der Waals surface area contributed by atoms with Crippen LogP contribution < -0.4 is 14.9 Å². The summed E-state index contributed by atoms with van der Waals surface area (Å²) in [6.45, 7) is 7.13. The van der Waals surface area contributed by atoms with E-state index in [1.807, 2.05) is 60.5 Å². The zero-order valence-electron chi connectivity index (χ0n) is 27.6. The van der Waals surface area contributed by atoms with Gasteiger partial charge in [0, 0.05) is 42.7 Å². The molecular formula is C37H45N2O9-. The van der Waals surface area contributed by atoms with E-state index in [9.17, 15) is 14.7 Å². The molecule has 1 unspecified atom stereocenters. The Labute approximate surface area is 282 Å². The first-order chi connectivity index (χ1) is 23.5. The first-order valence-electron chi connectivity index (χ1n) is 16.6. The number of hydrogen-bond donors (Lipinski definition) is 0. The maximum Gasteiger partial charge on any atom is 0.334 e. The second kappa shape index (κ2) is 18.5. The Morgan fingerprint density at radius 1 is 0.833 bits per heavy atom. The molecule has 11 heteroatoms. The Kier molecular flexibility index (Phi) is 13.6. The third-order valence-electron chi connectivity index (χ3n) is 8.40. The van der Waals surface area contributed by atoms with E-state index in [1.165, 1.54) is 0 Å². The van der Waals surface area contributed by atoms with E-state index in [1.54, 1.807) is 18.2 Å². The van der Waals surface area contributed by atoms with Gasteiger partial charge in [0.05, 0.1) is 78.5 Å². The third kappa shape index (κ3) is 9.77. The Morgan fingerprint density at radius 2 is 1.40 bits per heavy atom. The smallest absolute Gasteiger partial charge is 0.334 e. The predicted molar refractivity (Wildman–Crippen MR) is 180 cm³/mol. The number of carbonyl (C=O) groups excluding carboxylic acids is 2. The van der Waals surface area contributed by atoms with Gasteiger partial charge in [-0.25, -0.2) is 4.79 Å². The van der Waals surface area contributed by atoms with Crippen molar-refractivity contribution >= 4 is 28.7 Å². The number of Topliss-reactive ketones (excluding diaryl/α,β-unsaturated/α-hetero) is 1. The molecule has 1 aliphatic heterocycles. The number of likely N-dealkylation sites (N-methyl/N-ethyl adjacent to an activating group) is 1. The number of hydrogen-bond acceptors (Lipinski definition) is 11. The van der Waals surface area contributed by atoms with Crippen molar-refractivity contribution in [3.05, 3.63) is 89.2 Å². The number of nitrogens with zero attached hydrogens (tertiary/aromatic N) is 2. The van der Waals surface area contributed by atoms with Gasteiger partial charge >= 0.3 is 5.97 Å². The summed E-state index contributed by atoms with van der Waals surface area (Å²) in [7, 11) is 1.90. The Balaban J connectivity index is 1.14. The van der Waals surface area contributed by atoms with Gasteiger partial charge in [-0.2, -0.15) is 0 Å². The summed E-state index contributed by atoms with van der Waals surface area (Å²) in [5.74, 6) is -1.44. The van der Waals surface area contributed by atoms with Gasteiger partial charge in [-0.1, -0.05) is 42.5 Å². The highest BCUT2D eigenvalue weighted by Gasteiger charge is 2.35. The van der Waals surface area contributed by atoms with Gasteiger partial charge in [-0.15, -0.1) is 5.76 Å². The molecule has 0 bridgehead atoms. The molecule has 5 rings (SSSR count). The van der Waals surface area contributed by atoms with Crippen molar-refractivity contribution in [2.75, 3.05) is 109 Å². The molecular weight excluding hydrogens is 616 g/mol. The molecule has 2 aliphatic carbocycles. The van der Waals surface area contributed by atoms with Crippen LogP contribution in [0.2, 0.25) is 0 Å². The minimum Gasteiger partial charge on any atom is -0.874 e. The van der Waals surface area contributed by atoms with E-state index in [4.69, 9.17) is 28.4 Å². The molecule has 2 aromatic carbocycles. The van der Waals surface area contributed by atoms with Gasteiger partial charge in [0.15, 0.2) is 5.78 Å². The molecule has 0 amide bonds. The number of esters is 1. The lowest BCUT2D eigenvalue weighted by Crippen LogP contribution is -2.35.